The second-order valence-electron chi connectivity index (χ2n) is 6.20. The number of carbonyl (C=O) groups is 3. The molecule has 24 heavy (non-hydrogen) atoms. The van der Waals surface area contributed by atoms with Gasteiger partial charge in [0.25, 0.3) is 5.91 Å². The number of anilines is 1. The highest BCUT2D eigenvalue weighted by Crippen LogP contribution is 2.40. The van der Waals surface area contributed by atoms with Crippen molar-refractivity contribution in [1.82, 2.24) is 0 Å². The molecule has 6 nitrogen and oxygen atoms in total. The van der Waals surface area contributed by atoms with E-state index < -0.39 is 17.6 Å². The third kappa shape index (κ3) is 3.13. The van der Waals surface area contributed by atoms with Crippen LogP contribution in [-0.2, 0) is 14.3 Å². The molecule has 0 aromatic heterocycles. The zero-order valence-electron chi connectivity index (χ0n) is 14.7. The standard InChI is InChI=1S/C18H23NO5/c1-6-13(16(21)23-7-2)19-14-10-12(11(3)20)8-9-15(14)24-18(4,5)17(19)22/h8-10,13H,6-7H2,1-5H3. The summed E-state index contributed by atoms with van der Waals surface area (Å²) in [6.07, 6.45) is 0.393. The smallest absolute Gasteiger partial charge is 0.329 e. The van der Waals surface area contributed by atoms with Crippen LogP contribution in [0.1, 0.15) is 51.4 Å². The molecule has 0 saturated carbocycles. The van der Waals surface area contributed by atoms with Gasteiger partial charge >= 0.3 is 5.97 Å². The molecule has 1 aromatic carbocycles. The Morgan fingerprint density at radius 1 is 1.29 bits per heavy atom. The summed E-state index contributed by atoms with van der Waals surface area (Å²) in [6.45, 7) is 8.52. The largest absolute Gasteiger partial charge is 0.476 e. The maximum absolute atomic E-state index is 12.9. The molecular weight excluding hydrogens is 310 g/mol. The van der Waals surface area contributed by atoms with Crippen LogP contribution in [0, 0.1) is 0 Å². The van der Waals surface area contributed by atoms with Gasteiger partial charge in [0.1, 0.15) is 11.8 Å². The molecule has 0 spiro atoms. The summed E-state index contributed by atoms with van der Waals surface area (Å²) in [5, 5.41) is 0. The SMILES string of the molecule is CCOC(=O)C(CC)N1C(=O)C(C)(C)Oc2ccc(C(C)=O)cc21. The Morgan fingerprint density at radius 2 is 1.96 bits per heavy atom. The van der Waals surface area contributed by atoms with E-state index in [1.54, 1.807) is 39.0 Å². The van der Waals surface area contributed by atoms with E-state index in [4.69, 9.17) is 9.47 Å². The Kier molecular flexibility index (Phi) is 4.96. The molecule has 0 saturated heterocycles. The van der Waals surface area contributed by atoms with Crippen molar-refractivity contribution >= 4 is 23.3 Å². The summed E-state index contributed by atoms with van der Waals surface area (Å²) in [6, 6.07) is 4.13. The van der Waals surface area contributed by atoms with Crippen molar-refractivity contribution in [3.63, 3.8) is 0 Å². The number of benzene rings is 1. The van der Waals surface area contributed by atoms with Gasteiger partial charge < -0.3 is 9.47 Å². The lowest BCUT2D eigenvalue weighted by Gasteiger charge is -2.41. The van der Waals surface area contributed by atoms with Crippen molar-refractivity contribution in [2.75, 3.05) is 11.5 Å². The molecule has 1 heterocycles. The highest BCUT2D eigenvalue weighted by atomic mass is 16.5. The lowest BCUT2D eigenvalue weighted by Crippen LogP contribution is -2.58. The van der Waals surface area contributed by atoms with Gasteiger partial charge in [-0.3, -0.25) is 14.5 Å². The zero-order chi connectivity index (χ0) is 18.1. The number of amides is 1. The van der Waals surface area contributed by atoms with Crippen molar-refractivity contribution in [3.8, 4) is 5.75 Å². The molecule has 1 aliphatic rings. The van der Waals surface area contributed by atoms with Crippen molar-refractivity contribution in [2.45, 2.75) is 52.7 Å². The van der Waals surface area contributed by atoms with Gasteiger partial charge in [-0.25, -0.2) is 4.79 Å². The minimum atomic E-state index is -1.11. The first kappa shape index (κ1) is 18.0. The van der Waals surface area contributed by atoms with Crippen LogP contribution in [-0.4, -0.2) is 35.9 Å². The number of hydrogen-bond donors (Lipinski definition) is 0. The van der Waals surface area contributed by atoms with Crippen molar-refractivity contribution in [1.29, 1.82) is 0 Å². The van der Waals surface area contributed by atoms with Gasteiger partial charge in [-0.1, -0.05) is 6.92 Å². The van der Waals surface area contributed by atoms with E-state index in [1.807, 2.05) is 6.92 Å². The normalized spacial score (nSPS) is 16.9. The number of Topliss-reactive ketones (excluding diaryl/α,β-unsaturated/α-hetero) is 1. The molecular formula is C18H23NO5. The van der Waals surface area contributed by atoms with E-state index in [0.717, 1.165) is 0 Å². The van der Waals surface area contributed by atoms with Crippen LogP contribution in [0.3, 0.4) is 0 Å². The summed E-state index contributed by atoms with van der Waals surface area (Å²) < 4.78 is 10.9. The first-order valence-corrected chi connectivity index (χ1v) is 8.07. The van der Waals surface area contributed by atoms with E-state index in [9.17, 15) is 14.4 Å². The fraction of sp³-hybridized carbons (Fsp3) is 0.500. The fourth-order valence-electron chi connectivity index (χ4n) is 2.73. The van der Waals surface area contributed by atoms with Crippen LogP contribution in [0.15, 0.2) is 18.2 Å². The molecule has 0 aliphatic carbocycles. The topological polar surface area (TPSA) is 72.9 Å². The van der Waals surface area contributed by atoms with Gasteiger partial charge in [0.15, 0.2) is 11.4 Å². The lowest BCUT2D eigenvalue weighted by molar-refractivity contribution is -0.147. The van der Waals surface area contributed by atoms with E-state index in [2.05, 4.69) is 0 Å². The molecule has 130 valence electrons. The quantitative estimate of drug-likeness (QED) is 0.612. The third-order valence-corrected chi connectivity index (χ3v) is 3.98. The van der Waals surface area contributed by atoms with Gasteiger partial charge in [0.05, 0.1) is 12.3 Å². The first-order chi connectivity index (χ1) is 11.2. The van der Waals surface area contributed by atoms with Gasteiger partial charge in [-0.05, 0) is 52.3 Å². The molecule has 1 aromatic rings. The summed E-state index contributed by atoms with van der Waals surface area (Å²) in [7, 11) is 0. The van der Waals surface area contributed by atoms with Gasteiger partial charge in [-0.15, -0.1) is 0 Å². The van der Waals surface area contributed by atoms with E-state index in [-0.39, 0.29) is 18.3 Å². The van der Waals surface area contributed by atoms with E-state index in [1.165, 1.54) is 11.8 Å². The number of rotatable bonds is 5. The van der Waals surface area contributed by atoms with Crippen LogP contribution in [0.2, 0.25) is 0 Å². The Balaban J connectivity index is 2.59. The number of nitrogens with zero attached hydrogens (tertiary/aromatic N) is 1. The van der Waals surface area contributed by atoms with Gasteiger partial charge in [0, 0.05) is 5.56 Å². The summed E-state index contributed by atoms with van der Waals surface area (Å²) in [4.78, 5) is 38.3. The molecule has 0 bridgehead atoms. The molecule has 1 atom stereocenters. The highest BCUT2D eigenvalue weighted by molar-refractivity contribution is 6.07. The molecule has 0 radical (unpaired) electrons. The van der Waals surface area contributed by atoms with Crippen LogP contribution in [0.25, 0.3) is 0 Å². The predicted octanol–water partition coefficient (Wildman–Crippen LogP) is 2.73. The Bertz CT molecular complexity index is 680. The Hall–Kier alpha value is -2.37. The first-order valence-electron chi connectivity index (χ1n) is 8.07. The molecule has 6 heteroatoms. The number of esters is 1. The molecule has 1 unspecified atom stereocenters. The van der Waals surface area contributed by atoms with Crippen molar-refractivity contribution in [2.24, 2.45) is 0 Å². The molecule has 1 amide bonds. The molecule has 1 aliphatic heterocycles. The van der Waals surface area contributed by atoms with Gasteiger partial charge in [0.2, 0.25) is 0 Å². The maximum Gasteiger partial charge on any atom is 0.329 e. The third-order valence-electron chi connectivity index (χ3n) is 3.98. The average Bonchev–Trinajstić information content (AvgIpc) is 2.51. The average molecular weight is 333 g/mol. The second-order valence-corrected chi connectivity index (χ2v) is 6.20. The van der Waals surface area contributed by atoms with Crippen molar-refractivity contribution < 1.29 is 23.9 Å². The van der Waals surface area contributed by atoms with E-state index >= 15 is 0 Å². The molecule has 0 fully saturated rings. The second kappa shape index (κ2) is 6.63. The van der Waals surface area contributed by atoms with Gasteiger partial charge in [-0.2, -0.15) is 0 Å². The van der Waals surface area contributed by atoms with Crippen LogP contribution in [0.5, 0.6) is 5.75 Å². The highest BCUT2D eigenvalue weighted by Gasteiger charge is 2.45. The Labute approximate surface area is 141 Å². The maximum atomic E-state index is 12.9. The Morgan fingerprint density at radius 3 is 2.50 bits per heavy atom. The molecule has 2 rings (SSSR count). The zero-order valence-corrected chi connectivity index (χ0v) is 14.7. The number of carbonyl (C=O) groups excluding carboxylic acids is 3. The van der Waals surface area contributed by atoms with Crippen molar-refractivity contribution in [3.05, 3.63) is 23.8 Å². The number of fused-ring (bicyclic) bond motifs is 1. The predicted molar refractivity (Wildman–Crippen MR) is 89.4 cm³/mol. The minimum Gasteiger partial charge on any atom is -0.476 e. The van der Waals surface area contributed by atoms with Crippen LogP contribution in [0.4, 0.5) is 5.69 Å². The fourth-order valence-corrected chi connectivity index (χ4v) is 2.73. The van der Waals surface area contributed by atoms with Crippen LogP contribution >= 0.6 is 0 Å². The molecule has 0 N–H and O–H groups in total. The van der Waals surface area contributed by atoms with Crippen LogP contribution < -0.4 is 9.64 Å². The monoisotopic (exact) mass is 333 g/mol. The summed E-state index contributed by atoms with van der Waals surface area (Å²) >= 11 is 0. The lowest BCUT2D eigenvalue weighted by atomic mass is 9.99. The number of ether oxygens (including phenoxy) is 2. The number of ketones is 1. The summed E-state index contributed by atoms with van der Waals surface area (Å²) in [5.41, 5.74) is -0.231. The summed E-state index contributed by atoms with van der Waals surface area (Å²) in [5.74, 6) is -0.465. The van der Waals surface area contributed by atoms with E-state index in [0.29, 0.717) is 23.4 Å². The minimum absolute atomic E-state index is 0.126. The number of hydrogen-bond acceptors (Lipinski definition) is 5.